The van der Waals surface area contributed by atoms with Crippen molar-refractivity contribution in [1.82, 2.24) is 14.5 Å². The van der Waals surface area contributed by atoms with Crippen molar-refractivity contribution in [3.05, 3.63) is 53.1 Å². The number of pyridine rings is 1. The van der Waals surface area contributed by atoms with Gasteiger partial charge in [0.1, 0.15) is 12.8 Å². The molecule has 0 radical (unpaired) electrons. The van der Waals surface area contributed by atoms with E-state index in [4.69, 9.17) is 4.84 Å². The van der Waals surface area contributed by atoms with Crippen molar-refractivity contribution >= 4 is 11.5 Å². The number of oxime groups is 1. The molecule has 0 aliphatic heterocycles. The smallest absolute Gasteiger partial charge is 0.212 e. The number of carbonyl (C=O) groups excluding carboxylic acids is 1. The van der Waals surface area contributed by atoms with E-state index in [-0.39, 0.29) is 5.78 Å². The van der Waals surface area contributed by atoms with Crippen molar-refractivity contribution in [2.45, 2.75) is 6.54 Å². The fourth-order valence-corrected chi connectivity index (χ4v) is 2.65. The quantitative estimate of drug-likeness (QED) is 0.683. The van der Waals surface area contributed by atoms with Crippen molar-refractivity contribution in [2.75, 3.05) is 27.7 Å². The largest absolute Gasteiger partial charge is 0.399 e. The predicted octanol–water partition coefficient (Wildman–Crippen LogP) is 1.39. The fourth-order valence-electron chi connectivity index (χ4n) is 2.65. The van der Waals surface area contributed by atoms with Crippen LogP contribution in [0.5, 0.6) is 0 Å². The molecule has 0 spiro atoms. The topological polar surface area (TPSA) is 59.7 Å². The molecule has 0 atom stereocenters. The lowest BCUT2D eigenvalue weighted by molar-refractivity contribution is 0.102. The van der Waals surface area contributed by atoms with Crippen LogP contribution in [-0.2, 0) is 11.4 Å². The summed E-state index contributed by atoms with van der Waals surface area (Å²) in [5.41, 5.74) is 3.47. The lowest BCUT2D eigenvalue weighted by Gasteiger charge is -2.19. The van der Waals surface area contributed by atoms with E-state index in [2.05, 4.69) is 15.0 Å². The summed E-state index contributed by atoms with van der Waals surface area (Å²) >= 11 is 0. The Labute approximate surface area is 129 Å². The average Bonchev–Trinajstić information content (AvgIpc) is 2.93. The standard InChI is InChI=1S/C16H18N4O2/c1-19(2)8-9-20-7-5-12-14(18-22-3)11-4-6-17-10-13(11)16(21)15(12)20/h4-7,10H,8-9H2,1-3H3/b18-14-. The molecule has 2 aromatic rings. The van der Waals surface area contributed by atoms with Crippen LogP contribution in [0.1, 0.15) is 27.2 Å². The van der Waals surface area contributed by atoms with Gasteiger partial charge in [-0.25, -0.2) is 0 Å². The van der Waals surface area contributed by atoms with E-state index in [1.54, 1.807) is 18.5 Å². The number of hydrogen-bond donors (Lipinski definition) is 0. The number of hydrogen-bond acceptors (Lipinski definition) is 5. The van der Waals surface area contributed by atoms with Gasteiger partial charge in [-0.15, -0.1) is 0 Å². The molecular formula is C16H18N4O2. The van der Waals surface area contributed by atoms with Crippen LogP contribution in [0.15, 0.2) is 35.9 Å². The molecule has 0 unspecified atom stereocenters. The summed E-state index contributed by atoms with van der Waals surface area (Å²) in [5, 5.41) is 4.12. The number of aromatic nitrogens is 2. The summed E-state index contributed by atoms with van der Waals surface area (Å²) in [6.45, 7) is 1.59. The summed E-state index contributed by atoms with van der Waals surface area (Å²) in [5.74, 6) is -0.0168. The molecule has 0 bridgehead atoms. The van der Waals surface area contributed by atoms with Gasteiger partial charge in [0, 0.05) is 42.8 Å². The molecule has 2 aromatic heterocycles. The molecule has 0 aromatic carbocycles. The summed E-state index contributed by atoms with van der Waals surface area (Å²) in [6, 6.07) is 3.72. The summed E-state index contributed by atoms with van der Waals surface area (Å²) in [7, 11) is 5.52. The van der Waals surface area contributed by atoms with E-state index >= 15 is 0 Å². The Morgan fingerprint density at radius 3 is 2.82 bits per heavy atom. The van der Waals surface area contributed by atoms with E-state index < -0.39 is 0 Å². The van der Waals surface area contributed by atoms with Crippen LogP contribution in [0.2, 0.25) is 0 Å². The van der Waals surface area contributed by atoms with Gasteiger partial charge < -0.3 is 14.3 Å². The summed E-state index contributed by atoms with van der Waals surface area (Å²) in [4.78, 5) is 23.9. The van der Waals surface area contributed by atoms with Gasteiger partial charge in [-0.3, -0.25) is 9.78 Å². The first kappa shape index (κ1) is 14.5. The van der Waals surface area contributed by atoms with Crippen molar-refractivity contribution in [2.24, 2.45) is 5.16 Å². The van der Waals surface area contributed by atoms with E-state index in [1.165, 1.54) is 7.11 Å². The molecule has 0 amide bonds. The van der Waals surface area contributed by atoms with Crippen molar-refractivity contribution in [3.8, 4) is 0 Å². The minimum absolute atomic E-state index is 0.0168. The molecule has 0 saturated heterocycles. The zero-order valence-electron chi connectivity index (χ0n) is 12.9. The average molecular weight is 298 g/mol. The highest BCUT2D eigenvalue weighted by molar-refractivity contribution is 6.29. The van der Waals surface area contributed by atoms with Crippen LogP contribution in [0.3, 0.4) is 0 Å². The van der Waals surface area contributed by atoms with Crippen LogP contribution >= 0.6 is 0 Å². The lowest BCUT2D eigenvalue weighted by atomic mass is 9.89. The van der Waals surface area contributed by atoms with Gasteiger partial charge in [0.25, 0.3) is 0 Å². The molecule has 1 aliphatic carbocycles. The fraction of sp³-hybridized carbons (Fsp3) is 0.312. The number of nitrogens with zero attached hydrogens (tertiary/aromatic N) is 4. The first-order valence-corrected chi connectivity index (χ1v) is 7.08. The third kappa shape index (κ3) is 2.31. The maximum atomic E-state index is 12.8. The molecular weight excluding hydrogens is 280 g/mol. The van der Waals surface area contributed by atoms with Gasteiger partial charge in [-0.05, 0) is 26.2 Å². The van der Waals surface area contributed by atoms with E-state index in [0.29, 0.717) is 17.0 Å². The first-order valence-electron chi connectivity index (χ1n) is 7.08. The number of fused-ring (bicyclic) bond motifs is 2. The molecule has 3 rings (SSSR count). The molecule has 2 heterocycles. The minimum atomic E-state index is -0.0168. The van der Waals surface area contributed by atoms with Gasteiger partial charge in [-0.1, -0.05) is 5.16 Å². The second kappa shape index (κ2) is 5.73. The Morgan fingerprint density at radius 2 is 2.09 bits per heavy atom. The number of likely N-dealkylation sites (N-methyl/N-ethyl adjacent to an activating group) is 1. The maximum absolute atomic E-state index is 12.8. The van der Waals surface area contributed by atoms with Crippen molar-refractivity contribution in [3.63, 3.8) is 0 Å². The molecule has 0 saturated carbocycles. The third-order valence-corrected chi connectivity index (χ3v) is 3.73. The van der Waals surface area contributed by atoms with Gasteiger partial charge in [0.15, 0.2) is 0 Å². The van der Waals surface area contributed by atoms with Crippen LogP contribution in [-0.4, -0.2) is 53.7 Å². The molecule has 6 nitrogen and oxygen atoms in total. The Kier molecular flexibility index (Phi) is 3.77. The summed E-state index contributed by atoms with van der Waals surface area (Å²) < 4.78 is 1.97. The zero-order valence-corrected chi connectivity index (χ0v) is 12.9. The van der Waals surface area contributed by atoms with Gasteiger partial charge in [0.05, 0.1) is 11.3 Å². The maximum Gasteiger partial charge on any atom is 0.212 e. The normalized spacial score (nSPS) is 15.1. The molecule has 0 fully saturated rings. The van der Waals surface area contributed by atoms with E-state index in [1.807, 2.05) is 30.9 Å². The lowest BCUT2D eigenvalue weighted by Crippen LogP contribution is -2.26. The van der Waals surface area contributed by atoms with Gasteiger partial charge >= 0.3 is 0 Å². The van der Waals surface area contributed by atoms with E-state index in [0.717, 1.165) is 24.2 Å². The highest BCUT2D eigenvalue weighted by atomic mass is 16.6. The highest BCUT2D eigenvalue weighted by Gasteiger charge is 2.31. The number of ketones is 1. The minimum Gasteiger partial charge on any atom is -0.399 e. The molecule has 6 heteroatoms. The second-order valence-electron chi connectivity index (χ2n) is 5.45. The zero-order chi connectivity index (χ0) is 15.7. The molecule has 22 heavy (non-hydrogen) atoms. The van der Waals surface area contributed by atoms with Crippen molar-refractivity contribution in [1.29, 1.82) is 0 Å². The van der Waals surface area contributed by atoms with Gasteiger partial charge in [-0.2, -0.15) is 0 Å². The molecule has 1 aliphatic rings. The predicted molar refractivity (Wildman–Crippen MR) is 83.3 cm³/mol. The first-order chi connectivity index (χ1) is 10.6. The number of carbonyl (C=O) groups is 1. The Hall–Kier alpha value is -2.47. The van der Waals surface area contributed by atoms with Crippen LogP contribution in [0, 0.1) is 0 Å². The monoisotopic (exact) mass is 298 g/mol. The van der Waals surface area contributed by atoms with Crippen molar-refractivity contribution < 1.29 is 9.63 Å². The Bertz CT molecular complexity index is 746. The SMILES string of the molecule is CO/N=C1/c2ccncc2C(=O)c2c1ccn2CCN(C)C. The Morgan fingerprint density at radius 1 is 1.27 bits per heavy atom. The van der Waals surface area contributed by atoms with E-state index in [9.17, 15) is 4.79 Å². The molecule has 114 valence electrons. The molecule has 0 N–H and O–H groups in total. The van der Waals surface area contributed by atoms with Crippen LogP contribution in [0.25, 0.3) is 0 Å². The third-order valence-electron chi connectivity index (χ3n) is 3.73. The number of rotatable bonds is 4. The summed E-state index contributed by atoms with van der Waals surface area (Å²) in [6.07, 6.45) is 5.18. The van der Waals surface area contributed by atoms with Crippen LogP contribution < -0.4 is 0 Å². The highest BCUT2D eigenvalue weighted by Crippen LogP contribution is 2.28. The second-order valence-corrected chi connectivity index (χ2v) is 5.45. The van der Waals surface area contributed by atoms with Crippen LogP contribution in [0.4, 0.5) is 0 Å². The Balaban J connectivity index is 2.12. The van der Waals surface area contributed by atoms with Gasteiger partial charge in [0.2, 0.25) is 5.78 Å².